The molecule has 0 aromatic heterocycles. The normalized spacial score (nSPS) is 24.8. The Kier molecular flexibility index (Phi) is 17.1. The van der Waals surface area contributed by atoms with Gasteiger partial charge in [-0.25, -0.2) is 0 Å². The molecule has 3 rings (SSSR count). The molecule has 0 radical (unpaired) electrons. The highest BCUT2D eigenvalue weighted by molar-refractivity contribution is 5.69. The first-order valence-corrected chi connectivity index (χ1v) is 20.1. The summed E-state index contributed by atoms with van der Waals surface area (Å²) in [6, 6.07) is 0. The molecule has 0 bridgehead atoms. The van der Waals surface area contributed by atoms with Crippen LogP contribution in [-0.4, -0.2) is 66.8 Å². The van der Waals surface area contributed by atoms with E-state index in [-0.39, 0.29) is 12.2 Å². The largest absolute Gasteiger partial charge is 0.487 e. The number of ether oxygens (including phenoxy) is 7. The van der Waals surface area contributed by atoms with Crippen molar-refractivity contribution >= 4 is 23.9 Å². The van der Waals surface area contributed by atoms with Gasteiger partial charge in [-0.05, 0) is 87.8 Å². The number of carbonyl (C=O) groups excluding carboxylic acids is 4. The molecule has 0 amide bonds. The molecule has 0 saturated carbocycles. The van der Waals surface area contributed by atoms with Gasteiger partial charge in [0.1, 0.15) is 29.8 Å². The summed E-state index contributed by atoms with van der Waals surface area (Å²) in [5.41, 5.74) is 3.35. The fourth-order valence-electron chi connectivity index (χ4n) is 7.84. The second kappa shape index (κ2) is 20.5. The summed E-state index contributed by atoms with van der Waals surface area (Å²) in [6.45, 7) is 22.0. The van der Waals surface area contributed by atoms with Crippen LogP contribution in [-0.2, 0) is 49.3 Å². The maximum Gasteiger partial charge on any atom is 0.303 e. The van der Waals surface area contributed by atoms with Gasteiger partial charge < -0.3 is 33.2 Å². The molecule has 8 atom stereocenters. The molecule has 2 heterocycles. The number of esters is 4. The van der Waals surface area contributed by atoms with Crippen molar-refractivity contribution in [2.75, 3.05) is 6.61 Å². The second-order valence-corrected chi connectivity index (χ2v) is 16.6. The summed E-state index contributed by atoms with van der Waals surface area (Å²) in [4.78, 5) is 48.6. The molecule has 11 nitrogen and oxygen atoms in total. The van der Waals surface area contributed by atoms with Crippen LogP contribution < -0.4 is 9.47 Å². The average molecular weight is 761 g/mol. The minimum absolute atomic E-state index is 0.288. The monoisotopic (exact) mass is 760 g/mol. The highest BCUT2D eigenvalue weighted by atomic mass is 16.7. The SMILES string of the molecule is CC(=O)OC[C@H]1O[C@@H](Oc2c(C)c(C)c3c(c2C)CC[C@@](C)(CCC[C@H](C)CCC[C@H](C)CCCC(C)C)O3)[C@H](OC(C)=O)[C@@H](OC(C)=O)[C@@H]1OC(C)=O. The zero-order valence-electron chi connectivity index (χ0n) is 35.1. The zero-order valence-corrected chi connectivity index (χ0v) is 35.1. The Morgan fingerprint density at radius 2 is 1.24 bits per heavy atom. The van der Waals surface area contributed by atoms with E-state index in [0.29, 0.717) is 11.7 Å². The van der Waals surface area contributed by atoms with Crippen LogP contribution in [0.4, 0.5) is 0 Å². The first kappa shape index (κ1) is 45.1. The molecule has 54 heavy (non-hydrogen) atoms. The van der Waals surface area contributed by atoms with Gasteiger partial charge in [0.2, 0.25) is 12.4 Å². The topological polar surface area (TPSA) is 133 Å². The summed E-state index contributed by atoms with van der Waals surface area (Å²) < 4.78 is 41.7. The summed E-state index contributed by atoms with van der Waals surface area (Å²) in [5, 5.41) is 0. The van der Waals surface area contributed by atoms with Crippen LogP contribution in [0.25, 0.3) is 0 Å². The van der Waals surface area contributed by atoms with Gasteiger partial charge in [0.25, 0.3) is 0 Å². The van der Waals surface area contributed by atoms with E-state index in [0.717, 1.165) is 65.5 Å². The molecule has 0 N–H and O–H groups in total. The molecule has 0 unspecified atom stereocenters. The highest BCUT2D eigenvalue weighted by Crippen LogP contribution is 2.46. The summed E-state index contributed by atoms with van der Waals surface area (Å²) >= 11 is 0. The lowest BCUT2D eigenvalue weighted by molar-refractivity contribution is -0.288. The third-order valence-electron chi connectivity index (χ3n) is 11.0. The van der Waals surface area contributed by atoms with Crippen LogP contribution in [0.2, 0.25) is 0 Å². The van der Waals surface area contributed by atoms with Crippen LogP contribution in [0.1, 0.15) is 149 Å². The van der Waals surface area contributed by atoms with Gasteiger partial charge in [-0.1, -0.05) is 72.6 Å². The first-order chi connectivity index (χ1) is 25.3. The number of hydrogen-bond donors (Lipinski definition) is 0. The van der Waals surface area contributed by atoms with Crippen LogP contribution in [0.5, 0.6) is 11.5 Å². The van der Waals surface area contributed by atoms with Crippen molar-refractivity contribution in [1.82, 2.24) is 0 Å². The Labute approximate surface area is 323 Å². The Morgan fingerprint density at radius 3 is 1.80 bits per heavy atom. The number of fused-ring (bicyclic) bond motifs is 1. The van der Waals surface area contributed by atoms with Crippen molar-refractivity contribution < 1.29 is 52.3 Å². The van der Waals surface area contributed by atoms with Crippen molar-refractivity contribution in [3.8, 4) is 11.5 Å². The summed E-state index contributed by atoms with van der Waals surface area (Å²) in [7, 11) is 0. The number of rotatable bonds is 19. The maximum absolute atomic E-state index is 12.4. The number of benzene rings is 1. The minimum atomic E-state index is -1.32. The number of carbonyl (C=O) groups is 4. The summed E-state index contributed by atoms with van der Waals surface area (Å²) in [5.74, 6) is 0.997. The van der Waals surface area contributed by atoms with Gasteiger partial charge in [0.15, 0.2) is 12.2 Å². The fourth-order valence-corrected chi connectivity index (χ4v) is 7.84. The maximum atomic E-state index is 12.4. The molecular weight excluding hydrogens is 692 g/mol. The van der Waals surface area contributed by atoms with Gasteiger partial charge in [-0.2, -0.15) is 0 Å². The van der Waals surface area contributed by atoms with Gasteiger partial charge in [-0.15, -0.1) is 0 Å². The molecule has 2 aliphatic rings. The number of hydrogen-bond acceptors (Lipinski definition) is 11. The molecule has 0 aliphatic carbocycles. The van der Waals surface area contributed by atoms with Crippen molar-refractivity contribution in [3.05, 3.63) is 22.3 Å². The van der Waals surface area contributed by atoms with Gasteiger partial charge in [0, 0.05) is 33.3 Å². The van der Waals surface area contributed by atoms with Crippen molar-refractivity contribution in [3.63, 3.8) is 0 Å². The van der Waals surface area contributed by atoms with Crippen molar-refractivity contribution in [1.29, 1.82) is 0 Å². The minimum Gasteiger partial charge on any atom is -0.487 e. The Morgan fingerprint density at radius 1 is 0.704 bits per heavy atom. The van der Waals surface area contributed by atoms with Gasteiger partial charge in [-0.3, -0.25) is 19.2 Å². The van der Waals surface area contributed by atoms with Gasteiger partial charge >= 0.3 is 23.9 Å². The Bertz CT molecular complexity index is 1440. The summed E-state index contributed by atoms with van der Waals surface area (Å²) in [6.07, 6.45) is 6.49. The average Bonchev–Trinajstić information content (AvgIpc) is 3.06. The van der Waals surface area contributed by atoms with E-state index in [1.165, 1.54) is 72.6 Å². The molecule has 1 fully saturated rings. The van der Waals surface area contributed by atoms with Crippen LogP contribution in [0.15, 0.2) is 0 Å². The predicted molar refractivity (Wildman–Crippen MR) is 205 cm³/mol. The van der Waals surface area contributed by atoms with E-state index < -0.39 is 54.6 Å². The zero-order chi connectivity index (χ0) is 40.3. The standard InChI is InChI=1S/C43H68O11/c1-25(2)16-13-17-26(3)18-14-19-27(4)20-15-22-43(12)23-21-35-30(7)37(28(5)29(6)38(35)54-43)53-42-41(51-34(11)47)40(50-33(10)46)39(49-32(9)45)36(52-42)24-48-31(8)44/h25-27,36,39-42H,13-24H2,1-12H3/t26-,27-,36-,39-,40+,41-,42+,43-/m1/s1. The fraction of sp³-hybridized carbons (Fsp3) is 0.767. The first-order valence-electron chi connectivity index (χ1n) is 20.1. The van der Waals surface area contributed by atoms with Crippen LogP contribution in [0.3, 0.4) is 0 Å². The quantitative estimate of drug-likeness (QED) is 0.0992. The lowest BCUT2D eigenvalue weighted by Crippen LogP contribution is -2.63. The van der Waals surface area contributed by atoms with E-state index in [1.54, 1.807) is 0 Å². The third-order valence-corrected chi connectivity index (χ3v) is 11.0. The molecule has 1 aromatic carbocycles. The van der Waals surface area contributed by atoms with E-state index >= 15 is 0 Å². The van der Waals surface area contributed by atoms with E-state index in [1.807, 2.05) is 20.8 Å². The van der Waals surface area contributed by atoms with E-state index in [2.05, 4.69) is 34.6 Å². The molecule has 1 aromatic rings. The van der Waals surface area contributed by atoms with Crippen LogP contribution in [0, 0.1) is 38.5 Å². The predicted octanol–water partition coefficient (Wildman–Crippen LogP) is 8.60. The molecule has 11 heteroatoms. The van der Waals surface area contributed by atoms with E-state index in [4.69, 9.17) is 33.2 Å². The molecule has 306 valence electrons. The van der Waals surface area contributed by atoms with Crippen molar-refractivity contribution in [2.24, 2.45) is 17.8 Å². The molecule has 0 spiro atoms. The smallest absolute Gasteiger partial charge is 0.303 e. The van der Waals surface area contributed by atoms with E-state index in [9.17, 15) is 19.2 Å². The van der Waals surface area contributed by atoms with Crippen molar-refractivity contribution in [2.45, 2.75) is 190 Å². The molecular formula is C43H68O11. The van der Waals surface area contributed by atoms with Gasteiger partial charge in [0.05, 0.1) is 0 Å². The lowest BCUT2D eigenvalue weighted by atomic mass is 9.83. The Balaban J connectivity index is 1.77. The third kappa shape index (κ3) is 13.2. The highest BCUT2D eigenvalue weighted by Gasteiger charge is 2.53. The van der Waals surface area contributed by atoms with Crippen LogP contribution >= 0.6 is 0 Å². The molecule has 2 aliphatic heterocycles. The second-order valence-electron chi connectivity index (χ2n) is 16.6. The molecule has 1 saturated heterocycles. The lowest BCUT2D eigenvalue weighted by Gasteiger charge is -2.44. The Hall–Kier alpha value is -3.34.